The maximum Gasteiger partial charge on any atom is 0.324 e. The number of hydrogen-bond acceptors (Lipinski definition) is 7. The van der Waals surface area contributed by atoms with E-state index in [0.717, 1.165) is 6.07 Å². The average Bonchev–Trinajstić information content (AvgIpc) is 2.71. The normalized spacial score (nSPS) is 12.3. The number of nitro groups is 1. The lowest BCUT2D eigenvalue weighted by molar-refractivity contribution is -0.383. The molecular weight excluding hydrogens is 530 g/mol. The van der Waals surface area contributed by atoms with Crippen molar-refractivity contribution in [2.45, 2.75) is 24.8 Å². The zero-order valence-corrected chi connectivity index (χ0v) is 20.0. The fourth-order valence-electron chi connectivity index (χ4n) is 2.48. The Balaban J connectivity index is 2.05. The van der Waals surface area contributed by atoms with Crippen LogP contribution in [-0.4, -0.2) is 37.9 Å². The predicted molar refractivity (Wildman–Crippen MR) is 121 cm³/mol. The number of ether oxygens (including phenoxy) is 1. The molecule has 0 saturated carbocycles. The summed E-state index contributed by atoms with van der Waals surface area (Å²) in [4.78, 5) is 34.9. The van der Waals surface area contributed by atoms with Crippen LogP contribution in [0.25, 0.3) is 0 Å². The van der Waals surface area contributed by atoms with Gasteiger partial charge in [0.25, 0.3) is 11.6 Å². The Morgan fingerprint density at radius 2 is 1.81 bits per heavy atom. The molecular formula is C19H19BrClN3O7S. The number of halogens is 2. The van der Waals surface area contributed by atoms with Crippen LogP contribution in [0.3, 0.4) is 0 Å². The number of benzene rings is 2. The molecule has 1 amide bonds. The van der Waals surface area contributed by atoms with Crippen LogP contribution in [-0.2, 0) is 24.3 Å². The molecule has 0 aliphatic carbocycles. The molecule has 2 rings (SSSR count). The number of anilines is 1. The number of carbonyl (C=O) groups is 2. The number of nitro benzene ring substituents is 1. The van der Waals surface area contributed by atoms with Crippen molar-refractivity contribution in [2.75, 3.05) is 11.9 Å². The smallest absolute Gasteiger partial charge is 0.324 e. The number of sulfonamides is 1. The molecule has 0 spiro atoms. The summed E-state index contributed by atoms with van der Waals surface area (Å²) < 4.78 is 33.1. The van der Waals surface area contributed by atoms with Gasteiger partial charge in [-0.25, -0.2) is 8.42 Å². The summed E-state index contributed by atoms with van der Waals surface area (Å²) in [5.41, 5.74) is -0.559. The minimum absolute atomic E-state index is 0.0491. The Morgan fingerprint density at radius 1 is 1.19 bits per heavy atom. The molecule has 32 heavy (non-hydrogen) atoms. The van der Waals surface area contributed by atoms with E-state index < -0.39 is 51.1 Å². The number of hydrogen-bond donors (Lipinski definition) is 2. The topological polar surface area (TPSA) is 145 Å². The fourth-order valence-corrected chi connectivity index (χ4v) is 4.24. The monoisotopic (exact) mass is 547 g/mol. The average molecular weight is 549 g/mol. The first-order chi connectivity index (χ1) is 14.9. The SMILES string of the molecule is CC(C)[C@H](NS(=O)(=O)c1ccc(Br)cc1)C(=O)OCC(=O)Nc1ccc(Cl)cc1[N+](=O)[O-]. The molecule has 2 N–H and O–H groups in total. The van der Waals surface area contributed by atoms with Gasteiger partial charge in [-0.15, -0.1) is 0 Å². The molecule has 0 fully saturated rings. The first kappa shape index (κ1) is 25.7. The molecule has 2 aromatic rings. The lowest BCUT2D eigenvalue weighted by atomic mass is 10.1. The van der Waals surface area contributed by atoms with E-state index in [1.807, 2.05) is 0 Å². The number of nitrogens with zero attached hydrogens (tertiary/aromatic N) is 1. The van der Waals surface area contributed by atoms with Gasteiger partial charge in [0.15, 0.2) is 6.61 Å². The van der Waals surface area contributed by atoms with Crippen LogP contribution in [0.4, 0.5) is 11.4 Å². The molecule has 10 nitrogen and oxygen atoms in total. The number of nitrogens with one attached hydrogen (secondary N) is 2. The van der Waals surface area contributed by atoms with Crippen LogP contribution in [0, 0.1) is 16.0 Å². The fraction of sp³-hybridized carbons (Fsp3) is 0.263. The van der Waals surface area contributed by atoms with E-state index in [9.17, 15) is 28.1 Å². The molecule has 172 valence electrons. The molecule has 1 atom stereocenters. The third kappa shape index (κ3) is 6.99. The van der Waals surface area contributed by atoms with Crippen LogP contribution in [0.1, 0.15) is 13.8 Å². The highest BCUT2D eigenvalue weighted by atomic mass is 79.9. The molecule has 0 aliphatic rings. The van der Waals surface area contributed by atoms with Gasteiger partial charge in [-0.05, 0) is 42.3 Å². The van der Waals surface area contributed by atoms with Gasteiger partial charge in [0.2, 0.25) is 10.0 Å². The van der Waals surface area contributed by atoms with E-state index >= 15 is 0 Å². The van der Waals surface area contributed by atoms with E-state index in [2.05, 4.69) is 26.0 Å². The summed E-state index contributed by atoms with van der Waals surface area (Å²) in [6, 6.07) is 8.19. The second-order valence-electron chi connectivity index (χ2n) is 6.87. The van der Waals surface area contributed by atoms with Gasteiger partial charge in [0.05, 0.1) is 9.82 Å². The summed E-state index contributed by atoms with van der Waals surface area (Å²) in [6.07, 6.45) is 0. The zero-order chi connectivity index (χ0) is 24.1. The van der Waals surface area contributed by atoms with Gasteiger partial charge in [-0.2, -0.15) is 4.72 Å². The molecule has 0 radical (unpaired) electrons. The summed E-state index contributed by atoms with van der Waals surface area (Å²) in [7, 11) is -4.03. The Morgan fingerprint density at radius 3 is 2.38 bits per heavy atom. The first-order valence-electron chi connectivity index (χ1n) is 9.09. The van der Waals surface area contributed by atoms with Gasteiger partial charge >= 0.3 is 5.97 Å². The number of rotatable bonds is 9. The van der Waals surface area contributed by atoms with Crippen molar-refractivity contribution in [2.24, 2.45) is 5.92 Å². The highest BCUT2D eigenvalue weighted by Crippen LogP contribution is 2.27. The van der Waals surface area contributed by atoms with Gasteiger partial charge in [-0.1, -0.05) is 41.4 Å². The third-order valence-corrected chi connectivity index (χ3v) is 6.32. The van der Waals surface area contributed by atoms with E-state index in [-0.39, 0.29) is 15.6 Å². The summed E-state index contributed by atoms with van der Waals surface area (Å²) in [5, 5.41) is 13.5. The summed E-state index contributed by atoms with van der Waals surface area (Å²) >= 11 is 8.94. The minimum Gasteiger partial charge on any atom is -0.454 e. The molecule has 0 saturated heterocycles. The van der Waals surface area contributed by atoms with Crippen molar-refractivity contribution in [3.63, 3.8) is 0 Å². The molecule has 0 unspecified atom stereocenters. The second kappa shape index (κ2) is 10.9. The van der Waals surface area contributed by atoms with Crippen molar-refractivity contribution in [1.29, 1.82) is 0 Å². The summed E-state index contributed by atoms with van der Waals surface area (Å²) in [5.74, 6) is -2.31. The van der Waals surface area contributed by atoms with Gasteiger partial charge in [0, 0.05) is 15.6 Å². The van der Waals surface area contributed by atoms with Crippen molar-refractivity contribution < 1.29 is 27.7 Å². The molecule has 0 bridgehead atoms. The Kier molecular flexibility index (Phi) is 8.73. The molecule has 2 aromatic carbocycles. The number of esters is 1. The summed E-state index contributed by atoms with van der Waals surface area (Å²) in [6.45, 7) is 2.43. The standard InChI is InChI=1S/C19H19BrClN3O7S/c1-11(2)18(23-32(29,30)14-6-3-12(20)4-7-14)19(26)31-10-17(25)22-15-8-5-13(21)9-16(15)24(27)28/h3-9,11,18,23H,10H2,1-2H3,(H,22,25)/t18-/m0/s1. The second-order valence-corrected chi connectivity index (χ2v) is 9.94. The maximum atomic E-state index is 12.6. The first-order valence-corrected chi connectivity index (χ1v) is 11.7. The predicted octanol–water partition coefficient (Wildman–Crippen LogP) is 3.50. The third-order valence-electron chi connectivity index (χ3n) is 4.10. The van der Waals surface area contributed by atoms with Crippen molar-refractivity contribution in [3.05, 3.63) is 62.1 Å². The van der Waals surface area contributed by atoms with Crippen LogP contribution in [0.5, 0.6) is 0 Å². The van der Waals surface area contributed by atoms with Gasteiger partial charge in [-0.3, -0.25) is 19.7 Å². The minimum atomic E-state index is -4.03. The Hall–Kier alpha value is -2.54. The maximum absolute atomic E-state index is 12.6. The largest absolute Gasteiger partial charge is 0.454 e. The highest BCUT2D eigenvalue weighted by Gasteiger charge is 2.30. The molecule has 0 aromatic heterocycles. The van der Waals surface area contributed by atoms with E-state index in [4.69, 9.17) is 16.3 Å². The van der Waals surface area contributed by atoms with Crippen LogP contribution < -0.4 is 10.0 Å². The van der Waals surface area contributed by atoms with Crippen LogP contribution >= 0.6 is 27.5 Å². The van der Waals surface area contributed by atoms with Crippen molar-refractivity contribution in [1.82, 2.24) is 4.72 Å². The Bertz CT molecular complexity index is 1120. The zero-order valence-electron chi connectivity index (χ0n) is 16.9. The highest BCUT2D eigenvalue weighted by molar-refractivity contribution is 9.10. The molecule has 0 aliphatic heterocycles. The van der Waals surface area contributed by atoms with Crippen LogP contribution in [0.2, 0.25) is 5.02 Å². The lowest BCUT2D eigenvalue weighted by Crippen LogP contribution is -2.45. The lowest BCUT2D eigenvalue weighted by Gasteiger charge is -2.20. The Labute approximate surface area is 197 Å². The van der Waals surface area contributed by atoms with Crippen molar-refractivity contribution >= 4 is 60.8 Å². The van der Waals surface area contributed by atoms with Crippen LogP contribution in [0.15, 0.2) is 51.8 Å². The number of carbonyl (C=O) groups excluding carboxylic acids is 2. The van der Waals surface area contributed by atoms with E-state index in [1.165, 1.54) is 36.4 Å². The van der Waals surface area contributed by atoms with Gasteiger partial charge < -0.3 is 10.1 Å². The van der Waals surface area contributed by atoms with Crippen molar-refractivity contribution in [3.8, 4) is 0 Å². The quantitative estimate of drug-likeness (QED) is 0.277. The number of amides is 1. The molecule has 0 heterocycles. The van der Waals surface area contributed by atoms with Gasteiger partial charge in [0.1, 0.15) is 11.7 Å². The molecule has 13 heteroatoms. The van der Waals surface area contributed by atoms with E-state index in [1.54, 1.807) is 13.8 Å². The van der Waals surface area contributed by atoms with E-state index in [0.29, 0.717) is 4.47 Å².